The first-order chi connectivity index (χ1) is 9.69. The van der Waals surface area contributed by atoms with Crippen LogP contribution in [0.1, 0.15) is 12.5 Å². The lowest BCUT2D eigenvalue weighted by Crippen LogP contribution is -2.20. The van der Waals surface area contributed by atoms with Crippen LogP contribution in [0, 0.1) is 6.92 Å². The number of aryl methyl sites for hydroxylation is 1. The van der Waals surface area contributed by atoms with Gasteiger partial charge in [0.15, 0.2) is 0 Å². The lowest BCUT2D eigenvalue weighted by Gasteiger charge is -2.09. The van der Waals surface area contributed by atoms with Crippen molar-refractivity contribution in [1.29, 1.82) is 0 Å². The molecular weight excluding hydrogens is 256 g/mol. The Morgan fingerprint density at radius 3 is 2.55 bits per heavy atom. The highest BCUT2D eigenvalue weighted by molar-refractivity contribution is 5.99. The maximum atomic E-state index is 11.8. The Hall–Kier alpha value is -2.63. The van der Waals surface area contributed by atoms with Gasteiger partial charge in [0.2, 0.25) is 0 Å². The second-order valence-electron chi connectivity index (χ2n) is 4.08. The van der Waals surface area contributed by atoms with E-state index in [9.17, 15) is 4.79 Å². The minimum atomic E-state index is -0.341. The highest BCUT2D eigenvalue weighted by Crippen LogP contribution is 2.14. The van der Waals surface area contributed by atoms with E-state index in [0.717, 1.165) is 11.3 Å². The summed E-state index contributed by atoms with van der Waals surface area (Å²) >= 11 is 0. The van der Waals surface area contributed by atoms with Gasteiger partial charge in [-0.2, -0.15) is 0 Å². The summed E-state index contributed by atoms with van der Waals surface area (Å²) in [6.07, 6.45) is 2.99. The van der Waals surface area contributed by atoms with Gasteiger partial charge in [-0.3, -0.25) is 0 Å². The molecule has 0 atom stereocenters. The minimum absolute atomic E-state index is 0.289. The number of aromatic nitrogens is 2. The third-order valence-corrected chi connectivity index (χ3v) is 2.55. The van der Waals surface area contributed by atoms with Crippen molar-refractivity contribution in [2.45, 2.75) is 13.8 Å². The fraction of sp³-hybridized carbons (Fsp3) is 0.214. The Morgan fingerprint density at radius 1 is 1.20 bits per heavy atom. The molecule has 104 valence electrons. The molecule has 0 aliphatic heterocycles. The molecule has 0 fully saturated rings. The Morgan fingerprint density at radius 2 is 1.90 bits per heavy atom. The average molecular weight is 272 g/mol. The molecule has 0 saturated carbocycles. The monoisotopic (exact) mass is 272 g/mol. The number of hydrogen-bond acceptors (Lipinski definition) is 4. The largest absolute Gasteiger partial charge is 0.464 e. The van der Waals surface area contributed by atoms with Crippen LogP contribution in [0.2, 0.25) is 0 Å². The van der Waals surface area contributed by atoms with Crippen LogP contribution in [0.4, 0.5) is 16.2 Å². The fourth-order valence-corrected chi connectivity index (χ4v) is 1.58. The normalized spacial score (nSPS) is 9.90. The second kappa shape index (κ2) is 6.51. The van der Waals surface area contributed by atoms with Gasteiger partial charge in [-0.05, 0) is 25.5 Å². The van der Waals surface area contributed by atoms with Gasteiger partial charge in [-0.1, -0.05) is 18.2 Å². The zero-order chi connectivity index (χ0) is 14.4. The first kappa shape index (κ1) is 13.8. The summed E-state index contributed by atoms with van der Waals surface area (Å²) in [7, 11) is 0. The zero-order valence-corrected chi connectivity index (χ0v) is 11.4. The van der Waals surface area contributed by atoms with Crippen molar-refractivity contribution in [1.82, 2.24) is 9.97 Å². The van der Waals surface area contributed by atoms with E-state index in [0.29, 0.717) is 12.3 Å². The molecule has 1 heterocycles. The van der Waals surface area contributed by atoms with Crippen LogP contribution in [0.25, 0.3) is 0 Å². The maximum Gasteiger partial charge on any atom is 0.323 e. The predicted octanol–water partition coefficient (Wildman–Crippen LogP) is 2.83. The smallest absolute Gasteiger partial charge is 0.323 e. The van der Waals surface area contributed by atoms with Gasteiger partial charge < -0.3 is 15.4 Å². The zero-order valence-electron chi connectivity index (χ0n) is 11.4. The summed E-state index contributed by atoms with van der Waals surface area (Å²) in [6, 6.07) is 7.49. The molecule has 2 aromatic rings. The Bertz CT molecular complexity index is 584. The van der Waals surface area contributed by atoms with Crippen LogP contribution in [-0.2, 0) is 0 Å². The molecular formula is C14H16N4O2. The first-order valence-corrected chi connectivity index (χ1v) is 6.27. The number of urea groups is 1. The van der Waals surface area contributed by atoms with Crippen LogP contribution in [-0.4, -0.2) is 22.6 Å². The van der Waals surface area contributed by atoms with Crippen molar-refractivity contribution in [3.05, 3.63) is 42.2 Å². The molecule has 6 heteroatoms. The van der Waals surface area contributed by atoms with Crippen LogP contribution >= 0.6 is 0 Å². The molecule has 2 amide bonds. The van der Waals surface area contributed by atoms with Crippen LogP contribution < -0.4 is 15.4 Å². The summed E-state index contributed by atoms with van der Waals surface area (Å²) in [6.45, 7) is 4.28. The number of carbonyl (C=O) groups is 1. The topological polar surface area (TPSA) is 76.1 Å². The summed E-state index contributed by atoms with van der Waals surface area (Å²) in [5, 5.41) is 5.42. The third kappa shape index (κ3) is 3.68. The highest BCUT2D eigenvalue weighted by Gasteiger charge is 2.05. The minimum Gasteiger partial charge on any atom is -0.464 e. The van der Waals surface area contributed by atoms with Crippen LogP contribution in [0.3, 0.4) is 0 Å². The average Bonchev–Trinajstić information content (AvgIpc) is 2.44. The third-order valence-electron chi connectivity index (χ3n) is 2.55. The van der Waals surface area contributed by atoms with E-state index >= 15 is 0 Å². The molecule has 2 N–H and O–H groups in total. The molecule has 0 aliphatic carbocycles. The van der Waals surface area contributed by atoms with Crippen molar-refractivity contribution < 1.29 is 9.53 Å². The van der Waals surface area contributed by atoms with E-state index in [4.69, 9.17) is 4.74 Å². The molecule has 1 aromatic heterocycles. The number of benzene rings is 1. The number of nitrogens with one attached hydrogen (secondary N) is 2. The first-order valence-electron chi connectivity index (χ1n) is 6.27. The molecule has 20 heavy (non-hydrogen) atoms. The molecule has 0 saturated heterocycles. The molecule has 0 unspecified atom stereocenters. The van der Waals surface area contributed by atoms with E-state index in [1.807, 2.05) is 38.1 Å². The van der Waals surface area contributed by atoms with Crippen molar-refractivity contribution in [2.24, 2.45) is 0 Å². The standard InChI is InChI=1S/C14H16N4O2/c1-3-20-14-15-8-11(9-16-14)17-13(19)18-12-7-5-4-6-10(12)2/h4-9H,3H2,1-2H3,(H2,17,18,19). The summed E-state index contributed by atoms with van der Waals surface area (Å²) in [5.41, 5.74) is 2.25. The highest BCUT2D eigenvalue weighted by atomic mass is 16.5. The second-order valence-corrected chi connectivity index (χ2v) is 4.08. The lowest BCUT2D eigenvalue weighted by atomic mass is 10.2. The number of hydrogen-bond donors (Lipinski definition) is 2. The number of nitrogens with zero attached hydrogens (tertiary/aromatic N) is 2. The summed E-state index contributed by atoms with van der Waals surface area (Å²) in [5.74, 6) is 0. The van der Waals surface area contributed by atoms with Gasteiger partial charge in [-0.15, -0.1) is 0 Å². The van der Waals surface area contributed by atoms with Gasteiger partial charge in [0, 0.05) is 5.69 Å². The number of rotatable bonds is 4. The van der Waals surface area contributed by atoms with E-state index in [2.05, 4.69) is 20.6 Å². The van der Waals surface area contributed by atoms with Gasteiger partial charge >= 0.3 is 12.0 Å². The molecule has 0 aliphatic rings. The predicted molar refractivity (Wildman–Crippen MR) is 77.0 cm³/mol. The summed E-state index contributed by atoms with van der Waals surface area (Å²) in [4.78, 5) is 19.8. The summed E-state index contributed by atoms with van der Waals surface area (Å²) < 4.78 is 5.13. The van der Waals surface area contributed by atoms with Gasteiger partial charge in [-0.25, -0.2) is 14.8 Å². The van der Waals surface area contributed by atoms with Crippen LogP contribution in [0.15, 0.2) is 36.7 Å². The quantitative estimate of drug-likeness (QED) is 0.897. The van der Waals surface area contributed by atoms with E-state index in [1.54, 1.807) is 0 Å². The van der Waals surface area contributed by atoms with Crippen molar-refractivity contribution >= 4 is 17.4 Å². The van der Waals surface area contributed by atoms with Crippen molar-refractivity contribution in [3.63, 3.8) is 0 Å². The van der Waals surface area contributed by atoms with E-state index in [1.165, 1.54) is 12.4 Å². The Balaban J connectivity index is 1.96. The SMILES string of the molecule is CCOc1ncc(NC(=O)Nc2ccccc2C)cn1. The number of para-hydroxylation sites is 1. The molecule has 0 radical (unpaired) electrons. The number of carbonyl (C=O) groups excluding carboxylic acids is 1. The number of anilines is 2. The Kier molecular flexibility index (Phi) is 4.49. The number of ether oxygens (including phenoxy) is 1. The molecule has 0 bridgehead atoms. The Labute approximate surface area is 117 Å². The molecule has 6 nitrogen and oxygen atoms in total. The lowest BCUT2D eigenvalue weighted by molar-refractivity contribution is 0.262. The van der Waals surface area contributed by atoms with E-state index in [-0.39, 0.29) is 12.0 Å². The van der Waals surface area contributed by atoms with Gasteiger partial charge in [0.05, 0.1) is 24.7 Å². The maximum absolute atomic E-state index is 11.8. The molecule has 0 spiro atoms. The van der Waals surface area contributed by atoms with Gasteiger partial charge in [0.25, 0.3) is 0 Å². The molecule has 2 rings (SSSR count). The van der Waals surface area contributed by atoms with Crippen molar-refractivity contribution in [2.75, 3.05) is 17.2 Å². The fourth-order valence-electron chi connectivity index (χ4n) is 1.58. The van der Waals surface area contributed by atoms with Gasteiger partial charge in [0.1, 0.15) is 0 Å². The molecule has 1 aromatic carbocycles. The number of amides is 2. The van der Waals surface area contributed by atoms with Crippen molar-refractivity contribution in [3.8, 4) is 6.01 Å². The van der Waals surface area contributed by atoms with Crippen LogP contribution in [0.5, 0.6) is 6.01 Å². The van der Waals surface area contributed by atoms with E-state index < -0.39 is 0 Å².